The van der Waals surface area contributed by atoms with Crippen LogP contribution in [0.1, 0.15) is 11.3 Å². The molecule has 104 valence electrons. The summed E-state index contributed by atoms with van der Waals surface area (Å²) in [4.78, 5) is 4.02. The molecule has 1 aromatic carbocycles. The summed E-state index contributed by atoms with van der Waals surface area (Å²) in [7, 11) is 0. The lowest BCUT2D eigenvalue weighted by molar-refractivity contribution is 0.318. The minimum absolute atomic E-state index is 0.109. The number of pyridine rings is 1. The van der Waals surface area contributed by atoms with E-state index >= 15 is 0 Å². The highest BCUT2D eigenvalue weighted by Crippen LogP contribution is 2.25. The number of rotatable bonds is 4. The first-order chi connectivity index (χ1) is 9.63. The number of benzene rings is 1. The van der Waals surface area contributed by atoms with Crippen molar-refractivity contribution in [1.82, 2.24) is 4.98 Å². The number of amidine groups is 1. The fourth-order valence-corrected chi connectivity index (χ4v) is 1.94. The first kappa shape index (κ1) is 14.1. The maximum atomic E-state index is 13.6. The zero-order valence-electron chi connectivity index (χ0n) is 10.3. The molecule has 0 saturated carbocycles. The van der Waals surface area contributed by atoms with E-state index in [4.69, 9.17) is 22.5 Å². The summed E-state index contributed by atoms with van der Waals surface area (Å²) >= 11 is 5.92. The summed E-state index contributed by atoms with van der Waals surface area (Å²) in [5, 5.41) is 14.8. The predicted molar refractivity (Wildman–Crippen MR) is 75.5 cm³/mol. The number of anilines is 1. The van der Waals surface area contributed by atoms with Gasteiger partial charge in [0.05, 0.1) is 10.7 Å². The van der Waals surface area contributed by atoms with E-state index in [-0.39, 0.29) is 23.1 Å². The third kappa shape index (κ3) is 2.97. The molecule has 0 aliphatic heterocycles. The lowest BCUT2D eigenvalue weighted by Gasteiger charge is -2.11. The normalized spacial score (nSPS) is 11.4. The van der Waals surface area contributed by atoms with E-state index in [1.54, 1.807) is 18.2 Å². The Labute approximate surface area is 119 Å². The van der Waals surface area contributed by atoms with Crippen LogP contribution in [-0.2, 0) is 6.54 Å². The molecule has 4 N–H and O–H groups in total. The Bertz CT molecular complexity index is 628. The molecule has 0 radical (unpaired) electrons. The minimum Gasteiger partial charge on any atom is -0.409 e. The van der Waals surface area contributed by atoms with Gasteiger partial charge in [-0.15, -0.1) is 0 Å². The van der Waals surface area contributed by atoms with E-state index in [0.717, 1.165) is 0 Å². The van der Waals surface area contributed by atoms with Crippen LogP contribution in [0.2, 0.25) is 5.02 Å². The standard InChI is InChI=1S/C13H12ClFN4O/c14-9-4-1-5-10(15)12(9)18-7-8-3-2-6-17-11(8)13(16)19-20/h1-6,18,20H,7H2,(H2,16,19). The second-order valence-corrected chi connectivity index (χ2v) is 4.35. The van der Waals surface area contributed by atoms with E-state index in [9.17, 15) is 4.39 Å². The molecule has 0 aliphatic carbocycles. The number of aromatic nitrogens is 1. The quantitative estimate of drug-likeness (QED) is 0.350. The summed E-state index contributed by atoms with van der Waals surface area (Å²) in [6.07, 6.45) is 1.52. The van der Waals surface area contributed by atoms with Gasteiger partial charge in [-0.3, -0.25) is 4.98 Å². The number of hydrogen-bond acceptors (Lipinski definition) is 4. The number of nitrogens with zero attached hydrogens (tertiary/aromatic N) is 2. The van der Waals surface area contributed by atoms with Gasteiger partial charge in [-0.2, -0.15) is 0 Å². The first-order valence-electron chi connectivity index (χ1n) is 5.73. The van der Waals surface area contributed by atoms with Crippen molar-refractivity contribution in [2.45, 2.75) is 6.54 Å². The third-order valence-corrected chi connectivity index (χ3v) is 2.97. The highest BCUT2D eigenvalue weighted by atomic mass is 35.5. The van der Waals surface area contributed by atoms with Crippen molar-refractivity contribution in [1.29, 1.82) is 0 Å². The van der Waals surface area contributed by atoms with Gasteiger partial charge in [0.2, 0.25) is 0 Å². The third-order valence-electron chi connectivity index (χ3n) is 2.66. The highest BCUT2D eigenvalue weighted by molar-refractivity contribution is 6.33. The predicted octanol–water partition coefficient (Wildman–Crippen LogP) is 2.58. The van der Waals surface area contributed by atoms with Crippen LogP contribution in [0.25, 0.3) is 0 Å². The van der Waals surface area contributed by atoms with Crippen LogP contribution in [0.5, 0.6) is 0 Å². The molecular formula is C13H12ClFN4O. The van der Waals surface area contributed by atoms with Gasteiger partial charge in [0.25, 0.3) is 0 Å². The van der Waals surface area contributed by atoms with Crippen molar-refractivity contribution in [3.8, 4) is 0 Å². The molecule has 0 spiro atoms. The molecular weight excluding hydrogens is 283 g/mol. The Morgan fingerprint density at radius 1 is 1.40 bits per heavy atom. The van der Waals surface area contributed by atoms with E-state index in [2.05, 4.69) is 15.5 Å². The van der Waals surface area contributed by atoms with E-state index in [1.165, 1.54) is 18.3 Å². The van der Waals surface area contributed by atoms with Crippen molar-refractivity contribution in [2.24, 2.45) is 10.9 Å². The van der Waals surface area contributed by atoms with Crippen LogP contribution in [0.15, 0.2) is 41.7 Å². The topological polar surface area (TPSA) is 83.5 Å². The van der Waals surface area contributed by atoms with Crippen LogP contribution in [0, 0.1) is 5.82 Å². The van der Waals surface area contributed by atoms with E-state index in [0.29, 0.717) is 11.3 Å². The van der Waals surface area contributed by atoms with E-state index in [1.807, 2.05) is 0 Å². The van der Waals surface area contributed by atoms with Crippen molar-refractivity contribution in [3.63, 3.8) is 0 Å². The number of para-hydroxylation sites is 1. The van der Waals surface area contributed by atoms with Crippen LogP contribution < -0.4 is 11.1 Å². The Balaban J connectivity index is 2.24. The van der Waals surface area contributed by atoms with Crippen molar-refractivity contribution in [3.05, 3.63) is 58.6 Å². The molecule has 0 saturated heterocycles. The van der Waals surface area contributed by atoms with Crippen molar-refractivity contribution < 1.29 is 9.60 Å². The van der Waals surface area contributed by atoms with Gasteiger partial charge in [-0.05, 0) is 18.2 Å². The highest BCUT2D eigenvalue weighted by Gasteiger charge is 2.10. The number of hydrogen-bond donors (Lipinski definition) is 3. The molecule has 0 atom stereocenters. The Morgan fingerprint density at radius 2 is 2.20 bits per heavy atom. The summed E-state index contributed by atoms with van der Waals surface area (Å²) in [5.74, 6) is -0.561. The first-order valence-corrected chi connectivity index (χ1v) is 6.11. The minimum atomic E-state index is -0.452. The Kier molecular flexibility index (Phi) is 4.37. The largest absolute Gasteiger partial charge is 0.409 e. The average Bonchev–Trinajstić information content (AvgIpc) is 2.46. The van der Waals surface area contributed by atoms with Crippen LogP contribution in [0.4, 0.5) is 10.1 Å². The number of nitrogens with two attached hydrogens (primary N) is 1. The second kappa shape index (κ2) is 6.21. The molecule has 0 bridgehead atoms. The maximum Gasteiger partial charge on any atom is 0.189 e. The average molecular weight is 295 g/mol. The number of nitrogens with one attached hydrogen (secondary N) is 1. The monoisotopic (exact) mass is 294 g/mol. The molecule has 2 rings (SSSR count). The molecule has 0 unspecified atom stereocenters. The van der Waals surface area contributed by atoms with Gasteiger partial charge in [0.1, 0.15) is 11.5 Å². The summed E-state index contributed by atoms with van der Waals surface area (Å²) in [6, 6.07) is 7.85. The number of halogens is 2. The van der Waals surface area contributed by atoms with Crippen LogP contribution in [-0.4, -0.2) is 16.0 Å². The van der Waals surface area contributed by atoms with E-state index < -0.39 is 5.82 Å². The van der Waals surface area contributed by atoms with Gasteiger partial charge in [0.15, 0.2) is 5.84 Å². The zero-order valence-corrected chi connectivity index (χ0v) is 11.1. The van der Waals surface area contributed by atoms with Crippen molar-refractivity contribution in [2.75, 3.05) is 5.32 Å². The maximum absolute atomic E-state index is 13.6. The molecule has 1 aromatic heterocycles. The molecule has 0 aliphatic rings. The fraction of sp³-hybridized carbons (Fsp3) is 0.0769. The van der Waals surface area contributed by atoms with Gasteiger partial charge >= 0.3 is 0 Å². The summed E-state index contributed by atoms with van der Waals surface area (Å²) in [5.41, 5.74) is 6.71. The molecule has 0 amide bonds. The lowest BCUT2D eigenvalue weighted by atomic mass is 10.1. The molecule has 0 fully saturated rings. The van der Waals surface area contributed by atoms with Crippen LogP contribution in [0.3, 0.4) is 0 Å². The summed E-state index contributed by atoms with van der Waals surface area (Å²) < 4.78 is 13.6. The van der Waals surface area contributed by atoms with Crippen LogP contribution >= 0.6 is 11.6 Å². The summed E-state index contributed by atoms with van der Waals surface area (Å²) in [6.45, 7) is 0.236. The Morgan fingerprint density at radius 3 is 2.90 bits per heavy atom. The lowest BCUT2D eigenvalue weighted by Crippen LogP contribution is -2.18. The van der Waals surface area contributed by atoms with Crippen molar-refractivity contribution >= 4 is 23.1 Å². The molecule has 20 heavy (non-hydrogen) atoms. The fourth-order valence-electron chi connectivity index (χ4n) is 1.71. The SMILES string of the molecule is N/C(=N/O)c1ncccc1CNc1c(F)cccc1Cl. The molecule has 7 heteroatoms. The molecule has 1 heterocycles. The van der Waals surface area contributed by atoms with Gasteiger partial charge in [0, 0.05) is 18.3 Å². The molecule has 5 nitrogen and oxygen atoms in total. The zero-order chi connectivity index (χ0) is 14.5. The molecule has 2 aromatic rings. The number of oxime groups is 1. The second-order valence-electron chi connectivity index (χ2n) is 3.95. The van der Waals surface area contributed by atoms with Gasteiger partial charge in [-0.25, -0.2) is 4.39 Å². The van der Waals surface area contributed by atoms with Gasteiger partial charge < -0.3 is 16.3 Å². The Hall–Kier alpha value is -2.34. The smallest absolute Gasteiger partial charge is 0.189 e. The van der Waals surface area contributed by atoms with Gasteiger partial charge in [-0.1, -0.05) is 28.9 Å².